The zero-order chi connectivity index (χ0) is 24.5. The van der Waals surface area contributed by atoms with Crippen LogP contribution < -0.4 is 15.2 Å². The highest BCUT2D eigenvalue weighted by Crippen LogP contribution is 2.24. The molecule has 2 nitrogen and oxygen atoms in total. The molecule has 1 unspecified atom stereocenters. The summed E-state index contributed by atoms with van der Waals surface area (Å²) in [6.07, 6.45) is 3.62. The Kier molecular flexibility index (Phi) is 9.27. The van der Waals surface area contributed by atoms with Crippen LogP contribution in [-0.4, -0.2) is 12.4 Å². The molecule has 0 radical (unpaired) electrons. The molecule has 3 aromatic carbocycles. The Hall–Kier alpha value is -3.13. The summed E-state index contributed by atoms with van der Waals surface area (Å²) >= 11 is 0. The first-order valence-electron chi connectivity index (χ1n) is 12.5. The van der Waals surface area contributed by atoms with Crippen LogP contribution >= 0.6 is 0 Å². The van der Waals surface area contributed by atoms with Gasteiger partial charge in [0, 0.05) is 6.42 Å². The van der Waals surface area contributed by atoms with Gasteiger partial charge in [-0.05, 0) is 84.4 Å². The number of rotatable bonds is 10. The maximum atomic E-state index is 11.1. The number of carbonyl (C=O) groups excluding carboxylic acids is 1. The lowest BCUT2D eigenvalue weighted by Gasteiger charge is -2.13. The first-order chi connectivity index (χ1) is 16.4. The van der Waals surface area contributed by atoms with E-state index in [0.717, 1.165) is 24.2 Å². The van der Waals surface area contributed by atoms with E-state index in [1.54, 1.807) is 6.92 Å². The predicted molar refractivity (Wildman–Crippen MR) is 144 cm³/mol. The molecule has 3 aromatic rings. The summed E-state index contributed by atoms with van der Waals surface area (Å²) in [5, 5.41) is 2.47. The molecule has 0 amide bonds. The first-order valence-corrected chi connectivity index (χ1v) is 12.5. The van der Waals surface area contributed by atoms with Crippen LogP contribution in [0.3, 0.4) is 0 Å². The highest BCUT2D eigenvalue weighted by atomic mass is 16.5. The standard InChI is InChI=1S/C32H38O2/c1-6-24(4)22-26-9-11-28(12-10-26)32(29-15-13-27(14-16-29)23(2)3)30-17-19-31(20-18-30)34-21-7-8-25(5)33/h9-20,24H,6-8,21-22H2,1-5H3. The minimum atomic E-state index is 0.204. The van der Waals surface area contributed by atoms with E-state index in [1.807, 2.05) is 12.1 Å². The van der Waals surface area contributed by atoms with Gasteiger partial charge in [0.25, 0.3) is 0 Å². The monoisotopic (exact) mass is 454 g/mol. The zero-order valence-corrected chi connectivity index (χ0v) is 21.4. The minimum Gasteiger partial charge on any atom is -0.494 e. The molecular weight excluding hydrogens is 416 g/mol. The number of ketones is 1. The normalized spacial score (nSPS) is 11.7. The van der Waals surface area contributed by atoms with Crippen molar-refractivity contribution in [1.82, 2.24) is 0 Å². The quantitative estimate of drug-likeness (QED) is 0.329. The summed E-state index contributed by atoms with van der Waals surface area (Å²) in [7, 11) is 0. The molecule has 0 aliphatic rings. The van der Waals surface area contributed by atoms with Gasteiger partial charge in [-0.25, -0.2) is 0 Å². The van der Waals surface area contributed by atoms with Crippen molar-refractivity contribution in [2.24, 2.45) is 5.92 Å². The van der Waals surface area contributed by atoms with Crippen molar-refractivity contribution in [3.8, 4) is 5.75 Å². The molecule has 0 fully saturated rings. The third kappa shape index (κ3) is 7.18. The lowest BCUT2D eigenvalue weighted by Crippen LogP contribution is -2.13. The third-order valence-electron chi connectivity index (χ3n) is 6.36. The SMILES string of the molecule is CCC(C)Cc1ccc(C(c2ccc(OCCCC(C)=O)cc2)=c2ccc(=C(C)C)cc2)cc1. The van der Waals surface area contributed by atoms with E-state index in [0.29, 0.717) is 18.9 Å². The second kappa shape index (κ2) is 12.4. The number of Topliss-reactive ketones (excluding diaryl/α,β-unsaturated/α-hetero) is 1. The van der Waals surface area contributed by atoms with E-state index < -0.39 is 0 Å². The zero-order valence-electron chi connectivity index (χ0n) is 21.4. The Balaban J connectivity index is 1.96. The smallest absolute Gasteiger partial charge is 0.129 e. The molecule has 0 aromatic heterocycles. The van der Waals surface area contributed by atoms with Crippen LogP contribution in [-0.2, 0) is 11.2 Å². The summed E-state index contributed by atoms with van der Waals surface area (Å²) in [6, 6.07) is 26.2. The molecule has 2 heteroatoms. The highest BCUT2D eigenvalue weighted by molar-refractivity contribution is 5.79. The second-order valence-electron chi connectivity index (χ2n) is 9.55. The molecule has 178 valence electrons. The largest absolute Gasteiger partial charge is 0.494 e. The molecular formula is C32H38O2. The van der Waals surface area contributed by atoms with E-state index in [1.165, 1.54) is 39.1 Å². The Morgan fingerprint density at radius 1 is 0.794 bits per heavy atom. The molecule has 34 heavy (non-hydrogen) atoms. The number of carbonyl (C=O) groups is 1. The summed E-state index contributed by atoms with van der Waals surface area (Å²) in [6.45, 7) is 11.0. The lowest BCUT2D eigenvalue weighted by atomic mass is 9.92. The summed E-state index contributed by atoms with van der Waals surface area (Å²) < 4.78 is 5.84. The van der Waals surface area contributed by atoms with Gasteiger partial charge in [0.15, 0.2) is 0 Å². The number of ether oxygens (including phenoxy) is 1. The van der Waals surface area contributed by atoms with Gasteiger partial charge in [0.1, 0.15) is 11.5 Å². The van der Waals surface area contributed by atoms with Crippen LogP contribution in [0.4, 0.5) is 0 Å². The first kappa shape index (κ1) is 25.5. The molecule has 0 saturated carbocycles. The van der Waals surface area contributed by atoms with E-state index in [-0.39, 0.29) is 5.78 Å². The van der Waals surface area contributed by atoms with Crippen LogP contribution in [0.1, 0.15) is 70.6 Å². The van der Waals surface area contributed by atoms with Crippen LogP contribution in [0.15, 0.2) is 72.8 Å². The van der Waals surface area contributed by atoms with Crippen molar-refractivity contribution in [1.29, 1.82) is 0 Å². The highest BCUT2D eigenvalue weighted by Gasteiger charge is 2.09. The van der Waals surface area contributed by atoms with Crippen molar-refractivity contribution < 1.29 is 9.53 Å². The Morgan fingerprint density at radius 3 is 1.88 bits per heavy atom. The van der Waals surface area contributed by atoms with Gasteiger partial charge in [-0.2, -0.15) is 0 Å². The van der Waals surface area contributed by atoms with Gasteiger partial charge in [0.05, 0.1) is 6.61 Å². The molecule has 0 N–H and O–H groups in total. The van der Waals surface area contributed by atoms with Gasteiger partial charge in [-0.3, -0.25) is 0 Å². The average Bonchev–Trinajstić information content (AvgIpc) is 2.84. The van der Waals surface area contributed by atoms with Gasteiger partial charge in [0.2, 0.25) is 0 Å². The van der Waals surface area contributed by atoms with Crippen LogP contribution in [0.5, 0.6) is 5.75 Å². The molecule has 0 saturated heterocycles. The summed E-state index contributed by atoms with van der Waals surface area (Å²) in [5.41, 5.74) is 6.30. The Morgan fingerprint density at radius 2 is 1.35 bits per heavy atom. The van der Waals surface area contributed by atoms with Crippen molar-refractivity contribution >= 4 is 16.9 Å². The average molecular weight is 455 g/mol. The van der Waals surface area contributed by atoms with Crippen LogP contribution in [0, 0.1) is 5.92 Å². The molecule has 0 aliphatic heterocycles. The fourth-order valence-corrected chi connectivity index (χ4v) is 4.05. The number of benzene rings is 3. The van der Waals surface area contributed by atoms with E-state index in [9.17, 15) is 4.79 Å². The van der Waals surface area contributed by atoms with Crippen molar-refractivity contribution in [2.75, 3.05) is 6.61 Å². The van der Waals surface area contributed by atoms with Crippen molar-refractivity contribution in [3.63, 3.8) is 0 Å². The Labute approximate surface area is 205 Å². The second-order valence-corrected chi connectivity index (χ2v) is 9.55. The topological polar surface area (TPSA) is 26.3 Å². The maximum absolute atomic E-state index is 11.1. The molecule has 0 aliphatic carbocycles. The van der Waals surface area contributed by atoms with Crippen LogP contribution in [0.25, 0.3) is 11.1 Å². The Bertz CT molecular complexity index is 1170. The molecule has 0 spiro atoms. The predicted octanol–water partition coefficient (Wildman–Crippen LogP) is 6.46. The van der Waals surface area contributed by atoms with Gasteiger partial charge < -0.3 is 9.53 Å². The molecule has 0 bridgehead atoms. The molecule has 0 heterocycles. The van der Waals surface area contributed by atoms with Crippen molar-refractivity contribution in [2.45, 2.75) is 60.3 Å². The van der Waals surface area contributed by atoms with Crippen LogP contribution in [0.2, 0.25) is 0 Å². The summed E-state index contributed by atoms with van der Waals surface area (Å²) in [5.74, 6) is 1.73. The fraction of sp³-hybridized carbons (Fsp3) is 0.344. The van der Waals surface area contributed by atoms with E-state index in [4.69, 9.17) is 4.74 Å². The van der Waals surface area contributed by atoms with E-state index >= 15 is 0 Å². The lowest BCUT2D eigenvalue weighted by molar-refractivity contribution is -0.117. The fourth-order valence-electron chi connectivity index (χ4n) is 4.05. The van der Waals surface area contributed by atoms with Gasteiger partial charge in [-0.1, -0.05) is 86.5 Å². The van der Waals surface area contributed by atoms with Gasteiger partial charge in [-0.15, -0.1) is 0 Å². The van der Waals surface area contributed by atoms with Gasteiger partial charge >= 0.3 is 0 Å². The third-order valence-corrected chi connectivity index (χ3v) is 6.36. The number of hydrogen-bond donors (Lipinski definition) is 0. The molecule has 3 rings (SSSR count). The van der Waals surface area contributed by atoms with E-state index in [2.05, 4.69) is 88.4 Å². The van der Waals surface area contributed by atoms with Crippen molar-refractivity contribution in [3.05, 3.63) is 99.9 Å². The maximum Gasteiger partial charge on any atom is 0.129 e. The minimum absolute atomic E-state index is 0.204. The molecule has 1 atom stereocenters. The number of hydrogen-bond acceptors (Lipinski definition) is 2. The summed E-state index contributed by atoms with van der Waals surface area (Å²) in [4.78, 5) is 11.1.